The van der Waals surface area contributed by atoms with Gasteiger partial charge in [-0.25, -0.2) is 9.97 Å². The van der Waals surface area contributed by atoms with Gasteiger partial charge in [-0.15, -0.1) is 11.3 Å². The lowest BCUT2D eigenvalue weighted by Crippen LogP contribution is -2.41. The molecule has 0 radical (unpaired) electrons. The van der Waals surface area contributed by atoms with Gasteiger partial charge in [0.25, 0.3) is 0 Å². The number of anilines is 1. The highest BCUT2D eigenvalue weighted by Gasteiger charge is 2.47. The van der Waals surface area contributed by atoms with Gasteiger partial charge in [0.15, 0.2) is 0 Å². The Labute approximate surface area is 174 Å². The van der Waals surface area contributed by atoms with Crippen LogP contribution in [-0.2, 0) is 9.53 Å². The molecule has 0 N–H and O–H groups in total. The van der Waals surface area contributed by atoms with Crippen molar-refractivity contribution in [1.82, 2.24) is 14.9 Å². The number of carbonyl (C=O) groups excluding carboxylic acids is 1. The highest BCUT2D eigenvalue weighted by molar-refractivity contribution is 7.17. The number of hydrogen-bond acceptors (Lipinski definition) is 6. The number of aromatic nitrogens is 2. The van der Waals surface area contributed by atoms with Crippen LogP contribution in [0.5, 0.6) is 0 Å². The molecule has 4 heterocycles. The molecule has 2 fully saturated rings. The van der Waals surface area contributed by atoms with Crippen LogP contribution in [0.25, 0.3) is 10.2 Å². The second kappa shape index (κ2) is 7.39. The van der Waals surface area contributed by atoms with Crippen LogP contribution in [0.1, 0.15) is 24.9 Å². The lowest BCUT2D eigenvalue weighted by molar-refractivity contribution is -0.129. The first kappa shape index (κ1) is 18.5. The number of hydrogen-bond donors (Lipinski definition) is 0. The third kappa shape index (κ3) is 3.38. The summed E-state index contributed by atoms with van der Waals surface area (Å²) < 4.78 is 7.10. The Balaban J connectivity index is 1.43. The van der Waals surface area contributed by atoms with E-state index in [2.05, 4.69) is 39.3 Å². The van der Waals surface area contributed by atoms with Gasteiger partial charge in [-0.05, 0) is 23.9 Å². The van der Waals surface area contributed by atoms with Crippen LogP contribution in [0.4, 0.5) is 5.82 Å². The zero-order valence-corrected chi connectivity index (χ0v) is 17.3. The number of likely N-dealkylation sites (tertiary alicyclic amines) is 1. The number of ether oxygens (including phenoxy) is 1. The van der Waals surface area contributed by atoms with Gasteiger partial charge in [-0.3, -0.25) is 4.79 Å². The number of nitrogens with zero attached hydrogens (tertiary/aromatic N) is 4. The third-order valence-corrected chi connectivity index (χ3v) is 6.97. The van der Waals surface area contributed by atoms with Gasteiger partial charge in [0, 0.05) is 31.5 Å². The van der Waals surface area contributed by atoms with E-state index >= 15 is 0 Å². The number of amides is 1. The van der Waals surface area contributed by atoms with E-state index in [0.717, 1.165) is 29.1 Å². The Morgan fingerprint density at radius 1 is 1.17 bits per heavy atom. The number of rotatable bonds is 3. The SMILES string of the molecule is C[C@H](c1ccccc1)N1C[C@@]2(COCCN(c3ncnc4ccsc34)C2)CC1=O. The predicted molar refractivity (Wildman–Crippen MR) is 114 cm³/mol. The largest absolute Gasteiger partial charge is 0.379 e. The van der Waals surface area contributed by atoms with Crippen LogP contribution in [-0.4, -0.2) is 53.6 Å². The summed E-state index contributed by atoms with van der Waals surface area (Å²) in [4.78, 5) is 26.3. The minimum Gasteiger partial charge on any atom is -0.379 e. The van der Waals surface area contributed by atoms with Crippen molar-refractivity contribution in [3.63, 3.8) is 0 Å². The fourth-order valence-corrected chi connectivity index (χ4v) is 5.43. The minimum atomic E-state index is -0.217. The van der Waals surface area contributed by atoms with Gasteiger partial charge >= 0.3 is 0 Å². The smallest absolute Gasteiger partial charge is 0.223 e. The topological polar surface area (TPSA) is 58.6 Å². The molecule has 0 bridgehead atoms. The molecule has 2 aliphatic rings. The zero-order valence-electron chi connectivity index (χ0n) is 16.5. The van der Waals surface area contributed by atoms with E-state index in [9.17, 15) is 4.79 Å². The number of fused-ring (bicyclic) bond motifs is 1. The average Bonchev–Trinajstić information content (AvgIpc) is 3.28. The van der Waals surface area contributed by atoms with Crippen molar-refractivity contribution >= 4 is 33.3 Å². The summed E-state index contributed by atoms with van der Waals surface area (Å²) in [7, 11) is 0. The number of carbonyl (C=O) groups is 1. The molecule has 0 aliphatic carbocycles. The molecular weight excluding hydrogens is 384 g/mol. The molecule has 0 saturated carbocycles. The van der Waals surface area contributed by atoms with Gasteiger partial charge in [-0.1, -0.05) is 30.3 Å². The molecule has 0 unspecified atom stereocenters. The summed E-state index contributed by atoms with van der Waals surface area (Å²) in [5.41, 5.74) is 1.92. The van der Waals surface area contributed by atoms with Crippen molar-refractivity contribution in [1.29, 1.82) is 0 Å². The number of thiophene rings is 1. The molecule has 7 heteroatoms. The third-order valence-electron chi connectivity index (χ3n) is 6.07. The molecular formula is C22H24N4O2S. The van der Waals surface area contributed by atoms with Crippen LogP contribution in [0, 0.1) is 5.41 Å². The van der Waals surface area contributed by atoms with E-state index in [1.807, 2.05) is 29.2 Å². The van der Waals surface area contributed by atoms with Crippen LogP contribution in [0.2, 0.25) is 0 Å². The van der Waals surface area contributed by atoms with E-state index in [-0.39, 0.29) is 17.4 Å². The lowest BCUT2D eigenvalue weighted by atomic mass is 9.87. The second-order valence-electron chi connectivity index (χ2n) is 8.09. The van der Waals surface area contributed by atoms with Crippen molar-refractivity contribution in [2.75, 3.05) is 37.7 Å². The van der Waals surface area contributed by atoms with E-state index in [1.54, 1.807) is 17.7 Å². The molecule has 3 aromatic rings. The first-order chi connectivity index (χ1) is 14.2. The lowest BCUT2D eigenvalue weighted by Gasteiger charge is -2.33. The maximum absolute atomic E-state index is 13.0. The summed E-state index contributed by atoms with van der Waals surface area (Å²) in [6.45, 7) is 5.60. The molecule has 2 atom stereocenters. The molecule has 1 amide bonds. The van der Waals surface area contributed by atoms with Gasteiger partial charge < -0.3 is 14.5 Å². The second-order valence-corrected chi connectivity index (χ2v) is 9.01. The fraction of sp³-hybridized carbons (Fsp3) is 0.409. The van der Waals surface area contributed by atoms with Crippen molar-refractivity contribution in [2.45, 2.75) is 19.4 Å². The fourth-order valence-electron chi connectivity index (χ4n) is 4.57. The van der Waals surface area contributed by atoms with Crippen molar-refractivity contribution in [3.8, 4) is 0 Å². The van der Waals surface area contributed by atoms with Gasteiger partial charge in [0.2, 0.25) is 5.91 Å². The number of benzene rings is 1. The molecule has 29 heavy (non-hydrogen) atoms. The van der Waals surface area contributed by atoms with Crippen molar-refractivity contribution in [3.05, 3.63) is 53.7 Å². The summed E-state index contributed by atoms with van der Waals surface area (Å²) in [6, 6.07) is 12.3. The Morgan fingerprint density at radius 2 is 2.03 bits per heavy atom. The summed E-state index contributed by atoms with van der Waals surface area (Å²) >= 11 is 1.66. The van der Waals surface area contributed by atoms with Crippen molar-refractivity contribution < 1.29 is 9.53 Å². The van der Waals surface area contributed by atoms with Crippen LogP contribution < -0.4 is 4.90 Å². The molecule has 2 saturated heterocycles. The summed E-state index contributed by atoms with van der Waals surface area (Å²) in [5, 5.41) is 2.05. The van der Waals surface area contributed by atoms with Crippen molar-refractivity contribution in [2.24, 2.45) is 5.41 Å². The molecule has 1 spiro atoms. The monoisotopic (exact) mass is 408 g/mol. The quantitative estimate of drug-likeness (QED) is 0.664. The maximum atomic E-state index is 13.0. The van der Waals surface area contributed by atoms with Crippen LogP contribution in [0.15, 0.2) is 48.1 Å². The molecule has 6 nitrogen and oxygen atoms in total. The van der Waals surface area contributed by atoms with Gasteiger partial charge in [0.05, 0.1) is 29.5 Å². The van der Waals surface area contributed by atoms with Gasteiger partial charge in [0.1, 0.15) is 12.1 Å². The first-order valence-corrected chi connectivity index (χ1v) is 10.9. The molecule has 2 aliphatic heterocycles. The van der Waals surface area contributed by atoms with E-state index in [0.29, 0.717) is 26.2 Å². The Bertz CT molecular complexity index is 1020. The van der Waals surface area contributed by atoms with Crippen LogP contribution >= 0.6 is 11.3 Å². The van der Waals surface area contributed by atoms with Crippen LogP contribution in [0.3, 0.4) is 0 Å². The Hall–Kier alpha value is -2.51. The molecule has 150 valence electrons. The average molecular weight is 409 g/mol. The first-order valence-electron chi connectivity index (χ1n) is 10.0. The molecule has 5 rings (SSSR count). The van der Waals surface area contributed by atoms with E-state index < -0.39 is 0 Å². The minimum absolute atomic E-state index is 0.0582. The summed E-state index contributed by atoms with van der Waals surface area (Å²) in [5.74, 6) is 1.16. The highest BCUT2D eigenvalue weighted by Crippen LogP contribution is 2.40. The Morgan fingerprint density at radius 3 is 2.90 bits per heavy atom. The molecule has 2 aromatic heterocycles. The molecule has 1 aromatic carbocycles. The van der Waals surface area contributed by atoms with E-state index in [4.69, 9.17) is 4.74 Å². The van der Waals surface area contributed by atoms with E-state index in [1.165, 1.54) is 5.56 Å². The standard InChI is InChI=1S/C22H24N4O2S/c1-16(17-5-3-2-4-6-17)26-13-22(11-19(26)27)12-25(8-9-28-14-22)21-20-18(7-10-29-20)23-15-24-21/h2-7,10,15-16H,8-9,11-14H2,1H3/t16-,22-/m1/s1. The normalized spacial score (nSPS) is 23.7. The Kier molecular flexibility index (Phi) is 4.72. The highest BCUT2D eigenvalue weighted by atomic mass is 32.1. The maximum Gasteiger partial charge on any atom is 0.223 e. The summed E-state index contributed by atoms with van der Waals surface area (Å²) in [6.07, 6.45) is 2.14. The predicted octanol–water partition coefficient (Wildman–Crippen LogP) is 3.51. The van der Waals surface area contributed by atoms with Gasteiger partial charge in [-0.2, -0.15) is 0 Å². The zero-order chi connectivity index (χ0) is 19.8.